The van der Waals surface area contributed by atoms with Crippen LogP contribution in [-0.4, -0.2) is 25.3 Å². The number of benzene rings is 1. The maximum absolute atomic E-state index is 11.2. The minimum Gasteiger partial charge on any atom is -0.495 e. The Balaban J connectivity index is 2.32. The van der Waals surface area contributed by atoms with Crippen molar-refractivity contribution in [2.45, 2.75) is 18.9 Å². The fourth-order valence-corrected chi connectivity index (χ4v) is 2.22. The van der Waals surface area contributed by atoms with E-state index < -0.39 is 0 Å². The van der Waals surface area contributed by atoms with Gasteiger partial charge in [-0.05, 0) is 18.2 Å². The first kappa shape index (κ1) is 12.1. The van der Waals surface area contributed by atoms with Crippen LogP contribution in [0.4, 0.5) is 5.69 Å². The highest BCUT2D eigenvalue weighted by Gasteiger charge is 2.33. The van der Waals surface area contributed by atoms with Crippen molar-refractivity contribution in [2.75, 3.05) is 12.0 Å². The van der Waals surface area contributed by atoms with Gasteiger partial charge in [0.1, 0.15) is 11.5 Å². The monoisotopic (exact) mass is 297 g/mol. The van der Waals surface area contributed by atoms with E-state index >= 15 is 0 Å². The average Bonchev–Trinajstić information content (AvgIpc) is 2.28. The van der Waals surface area contributed by atoms with Gasteiger partial charge < -0.3 is 9.64 Å². The zero-order chi connectivity index (χ0) is 12.4. The lowest BCUT2D eigenvalue weighted by Gasteiger charge is -2.34. The van der Waals surface area contributed by atoms with E-state index in [9.17, 15) is 9.59 Å². The van der Waals surface area contributed by atoms with E-state index in [4.69, 9.17) is 4.74 Å². The molecule has 1 fully saturated rings. The largest absolute Gasteiger partial charge is 0.495 e. The summed E-state index contributed by atoms with van der Waals surface area (Å²) in [7, 11) is 1.56. The molecule has 17 heavy (non-hydrogen) atoms. The number of anilines is 1. The van der Waals surface area contributed by atoms with Gasteiger partial charge in [-0.1, -0.05) is 15.9 Å². The zero-order valence-electron chi connectivity index (χ0n) is 9.35. The third-order valence-corrected chi connectivity index (χ3v) is 3.35. The molecule has 1 aromatic carbocycles. The van der Waals surface area contributed by atoms with E-state index in [1.165, 1.54) is 0 Å². The van der Waals surface area contributed by atoms with E-state index in [0.717, 1.165) is 10.9 Å². The summed E-state index contributed by atoms with van der Waals surface area (Å²) in [6.07, 6.45) is 1.60. The predicted octanol–water partition coefficient (Wildman–Crippen LogP) is 2.15. The topological polar surface area (TPSA) is 46.6 Å². The van der Waals surface area contributed by atoms with Crippen LogP contribution in [0, 0.1) is 0 Å². The lowest BCUT2D eigenvalue weighted by molar-refractivity contribution is -0.125. The summed E-state index contributed by atoms with van der Waals surface area (Å²) in [5.41, 5.74) is 0.689. The molecule has 0 bridgehead atoms. The van der Waals surface area contributed by atoms with Crippen molar-refractivity contribution in [2.24, 2.45) is 0 Å². The maximum Gasteiger partial charge on any atom is 0.214 e. The van der Waals surface area contributed by atoms with Crippen LogP contribution < -0.4 is 9.64 Å². The van der Waals surface area contributed by atoms with E-state index in [1.807, 2.05) is 12.1 Å². The van der Waals surface area contributed by atoms with Crippen LogP contribution in [0.2, 0.25) is 0 Å². The van der Waals surface area contributed by atoms with E-state index in [2.05, 4.69) is 15.9 Å². The van der Waals surface area contributed by atoms with Crippen molar-refractivity contribution in [3.63, 3.8) is 0 Å². The van der Waals surface area contributed by atoms with Crippen LogP contribution in [-0.2, 0) is 9.59 Å². The van der Waals surface area contributed by atoms with Gasteiger partial charge in [0.05, 0.1) is 18.8 Å². The van der Waals surface area contributed by atoms with Crippen LogP contribution in [0.25, 0.3) is 0 Å². The molecule has 0 atom stereocenters. The number of hydrogen-bond donors (Lipinski definition) is 0. The normalized spacial score (nSPS) is 15.3. The van der Waals surface area contributed by atoms with Crippen LogP contribution in [0.1, 0.15) is 12.8 Å². The van der Waals surface area contributed by atoms with Crippen LogP contribution in [0.15, 0.2) is 22.7 Å². The average molecular weight is 298 g/mol. The fourth-order valence-electron chi connectivity index (χ4n) is 1.87. The molecule has 1 aliphatic rings. The summed E-state index contributed by atoms with van der Waals surface area (Å²) in [4.78, 5) is 23.7. The summed E-state index contributed by atoms with van der Waals surface area (Å²) in [5, 5.41) is 0. The second-order valence-electron chi connectivity index (χ2n) is 3.93. The third kappa shape index (κ3) is 2.34. The Kier molecular flexibility index (Phi) is 3.47. The lowest BCUT2D eigenvalue weighted by Crippen LogP contribution is -2.44. The van der Waals surface area contributed by atoms with Gasteiger partial charge in [0.15, 0.2) is 0 Å². The molecular weight excluding hydrogens is 286 g/mol. The summed E-state index contributed by atoms with van der Waals surface area (Å²) in [6.45, 7) is 0. The number of methoxy groups -OCH3 is 1. The van der Waals surface area contributed by atoms with Crippen molar-refractivity contribution < 1.29 is 14.3 Å². The Morgan fingerprint density at radius 1 is 1.47 bits per heavy atom. The number of ketones is 1. The van der Waals surface area contributed by atoms with Crippen LogP contribution in [0.5, 0.6) is 5.75 Å². The zero-order valence-corrected chi connectivity index (χ0v) is 10.9. The third-order valence-electron chi connectivity index (χ3n) is 2.85. The number of halogens is 1. The van der Waals surface area contributed by atoms with Gasteiger partial charge in [0, 0.05) is 17.3 Å². The molecule has 0 heterocycles. The molecule has 0 unspecified atom stereocenters. The number of ether oxygens (including phenoxy) is 1. The SMILES string of the molecule is COc1ccc(Br)cc1N(C=O)C1CC(=O)C1. The quantitative estimate of drug-likeness (QED) is 0.800. The highest BCUT2D eigenvalue weighted by atomic mass is 79.9. The van der Waals surface area contributed by atoms with E-state index in [0.29, 0.717) is 24.3 Å². The fraction of sp³-hybridized carbons (Fsp3) is 0.333. The van der Waals surface area contributed by atoms with Gasteiger partial charge in [-0.25, -0.2) is 0 Å². The molecule has 0 saturated heterocycles. The highest BCUT2D eigenvalue weighted by molar-refractivity contribution is 9.10. The molecule has 0 radical (unpaired) electrons. The smallest absolute Gasteiger partial charge is 0.214 e. The van der Waals surface area contributed by atoms with Gasteiger partial charge in [0.2, 0.25) is 6.41 Å². The molecule has 1 aliphatic carbocycles. The van der Waals surface area contributed by atoms with Crippen molar-refractivity contribution in [3.05, 3.63) is 22.7 Å². The molecule has 1 saturated carbocycles. The maximum atomic E-state index is 11.2. The first-order valence-corrected chi connectivity index (χ1v) is 6.04. The number of carbonyl (C=O) groups is 2. The first-order chi connectivity index (χ1) is 8.15. The van der Waals surface area contributed by atoms with Crippen molar-refractivity contribution in [1.82, 2.24) is 0 Å². The molecule has 1 amide bonds. The van der Waals surface area contributed by atoms with Gasteiger partial charge >= 0.3 is 0 Å². The predicted molar refractivity (Wildman–Crippen MR) is 67.3 cm³/mol. The second-order valence-corrected chi connectivity index (χ2v) is 4.85. The van der Waals surface area contributed by atoms with Crippen molar-refractivity contribution >= 4 is 33.8 Å². The number of rotatable bonds is 4. The molecular formula is C12H12BrNO3. The molecule has 0 N–H and O–H groups in total. The highest BCUT2D eigenvalue weighted by Crippen LogP contribution is 2.35. The molecule has 0 spiro atoms. The van der Waals surface area contributed by atoms with Crippen molar-refractivity contribution in [3.8, 4) is 5.75 Å². The van der Waals surface area contributed by atoms with Gasteiger partial charge in [-0.15, -0.1) is 0 Å². The molecule has 4 nitrogen and oxygen atoms in total. The van der Waals surface area contributed by atoms with Crippen LogP contribution >= 0.6 is 15.9 Å². The molecule has 1 aromatic rings. The number of carbonyl (C=O) groups excluding carboxylic acids is 2. The Hall–Kier alpha value is -1.36. The molecule has 2 rings (SSSR count). The standard InChI is InChI=1S/C12H12BrNO3/c1-17-12-3-2-8(13)4-11(12)14(7-15)9-5-10(16)6-9/h2-4,7,9H,5-6H2,1H3. The number of Topliss-reactive ketones (excluding diaryl/α,β-unsaturated/α-hetero) is 1. The molecule has 5 heteroatoms. The Morgan fingerprint density at radius 2 is 2.18 bits per heavy atom. The number of hydrogen-bond acceptors (Lipinski definition) is 3. The summed E-state index contributed by atoms with van der Waals surface area (Å²) >= 11 is 3.36. The van der Waals surface area contributed by atoms with Crippen molar-refractivity contribution in [1.29, 1.82) is 0 Å². The molecule has 0 aromatic heterocycles. The second kappa shape index (κ2) is 4.87. The van der Waals surface area contributed by atoms with E-state index in [1.54, 1.807) is 18.1 Å². The number of amides is 1. The van der Waals surface area contributed by atoms with Gasteiger partial charge in [-0.2, -0.15) is 0 Å². The minimum absolute atomic E-state index is 0.0387. The van der Waals surface area contributed by atoms with Gasteiger partial charge in [-0.3, -0.25) is 9.59 Å². The van der Waals surface area contributed by atoms with E-state index in [-0.39, 0.29) is 11.8 Å². The number of nitrogens with zero attached hydrogens (tertiary/aromatic N) is 1. The minimum atomic E-state index is -0.0387. The lowest BCUT2D eigenvalue weighted by atomic mass is 9.90. The molecule has 90 valence electrons. The Labute approximate surface area is 108 Å². The molecule has 0 aliphatic heterocycles. The Bertz CT molecular complexity index is 453. The van der Waals surface area contributed by atoms with Gasteiger partial charge in [0.25, 0.3) is 0 Å². The Morgan fingerprint density at radius 3 is 2.71 bits per heavy atom. The first-order valence-electron chi connectivity index (χ1n) is 5.24. The summed E-state index contributed by atoms with van der Waals surface area (Å²) in [6, 6.07) is 5.41. The summed E-state index contributed by atoms with van der Waals surface area (Å²) in [5.74, 6) is 0.815. The van der Waals surface area contributed by atoms with Crippen LogP contribution in [0.3, 0.4) is 0 Å². The summed E-state index contributed by atoms with van der Waals surface area (Å²) < 4.78 is 6.09.